The Morgan fingerprint density at radius 3 is 2.21 bits per heavy atom. The molecule has 0 spiro atoms. The predicted molar refractivity (Wildman–Crippen MR) is 118 cm³/mol. The van der Waals surface area contributed by atoms with Crippen molar-refractivity contribution in [2.45, 2.75) is 12.1 Å². The van der Waals surface area contributed by atoms with Crippen LogP contribution in [0.25, 0.3) is 0 Å². The molecule has 0 bridgehead atoms. The van der Waals surface area contributed by atoms with E-state index in [-0.39, 0.29) is 5.75 Å². The molecule has 2 amide bonds. The second-order valence-corrected chi connectivity index (χ2v) is 7.77. The third-order valence-electron chi connectivity index (χ3n) is 5.93. The lowest BCUT2D eigenvalue weighted by atomic mass is 9.90. The molecule has 0 unspecified atom stereocenters. The molecule has 0 aliphatic carbocycles. The molecule has 8 nitrogen and oxygen atoms in total. The molecular formula is C25H20N2O6. The zero-order valence-corrected chi connectivity index (χ0v) is 17.6. The number of ether oxygens (including phenoxy) is 1. The number of methoxy groups -OCH3 is 1. The van der Waals surface area contributed by atoms with Crippen molar-refractivity contribution in [3.8, 4) is 5.75 Å². The van der Waals surface area contributed by atoms with Gasteiger partial charge in [0.15, 0.2) is 6.10 Å². The van der Waals surface area contributed by atoms with Crippen molar-refractivity contribution >= 4 is 29.2 Å². The van der Waals surface area contributed by atoms with Crippen molar-refractivity contribution in [1.82, 2.24) is 0 Å². The number of anilines is 2. The summed E-state index contributed by atoms with van der Waals surface area (Å²) in [4.78, 5) is 45.7. The van der Waals surface area contributed by atoms with Crippen LogP contribution in [-0.4, -0.2) is 36.1 Å². The largest absolute Gasteiger partial charge is 0.508 e. The molecule has 2 heterocycles. The van der Waals surface area contributed by atoms with Crippen molar-refractivity contribution in [1.29, 1.82) is 0 Å². The molecule has 3 atom stereocenters. The third kappa shape index (κ3) is 3.32. The molecule has 33 heavy (non-hydrogen) atoms. The summed E-state index contributed by atoms with van der Waals surface area (Å²) in [5, 5.41) is 12.1. The van der Waals surface area contributed by atoms with Crippen molar-refractivity contribution in [2.24, 2.45) is 5.92 Å². The Morgan fingerprint density at radius 2 is 1.55 bits per heavy atom. The highest BCUT2D eigenvalue weighted by Crippen LogP contribution is 2.49. The molecule has 2 saturated heterocycles. The maximum atomic E-state index is 13.6. The number of rotatable bonds is 4. The van der Waals surface area contributed by atoms with E-state index in [1.54, 1.807) is 18.2 Å². The van der Waals surface area contributed by atoms with Crippen LogP contribution in [0, 0.1) is 5.92 Å². The van der Waals surface area contributed by atoms with E-state index in [9.17, 15) is 19.5 Å². The van der Waals surface area contributed by atoms with Crippen LogP contribution in [0.4, 0.5) is 11.4 Å². The number of imide groups is 1. The Kier molecular flexibility index (Phi) is 5.07. The number of esters is 1. The van der Waals surface area contributed by atoms with Crippen LogP contribution in [0.3, 0.4) is 0 Å². The summed E-state index contributed by atoms with van der Waals surface area (Å²) in [5.41, 5.74) is 1.78. The van der Waals surface area contributed by atoms with E-state index < -0.39 is 35.8 Å². The highest BCUT2D eigenvalue weighted by Gasteiger charge is 2.60. The monoisotopic (exact) mass is 444 g/mol. The lowest BCUT2D eigenvalue weighted by Crippen LogP contribution is -2.37. The molecule has 0 saturated carbocycles. The number of phenols is 1. The number of hydroxylamine groups is 1. The van der Waals surface area contributed by atoms with Gasteiger partial charge in [-0.25, -0.2) is 14.8 Å². The van der Waals surface area contributed by atoms with Gasteiger partial charge in [0.05, 0.1) is 30.1 Å². The van der Waals surface area contributed by atoms with E-state index in [1.807, 2.05) is 30.3 Å². The fourth-order valence-electron chi connectivity index (χ4n) is 4.39. The fraction of sp³-hybridized carbons (Fsp3) is 0.160. The lowest BCUT2D eigenvalue weighted by Gasteiger charge is -2.29. The fourth-order valence-corrected chi connectivity index (χ4v) is 4.39. The first-order chi connectivity index (χ1) is 16.0. The number of fused-ring (bicyclic) bond motifs is 1. The number of hydrogen-bond acceptors (Lipinski definition) is 7. The van der Waals surface area contributed by atoms with Gasteiger partial charge in [0, 0.05) is 5.56 Å². The van der Waals surface area contributed by atoms with E-state index in [4.69, 9.17) is 9.57 Å². The van der Waals surface area contributed by atoms with Crippen LogP contribution >= 0.6 is 0 Å². The van der Waals surface area contributed by atoms with Gasteiger partial charge in [-0.15, -0.1) is 0 Å². The van der Waals surface area contributed by atoms with Crippen molar-refractivity contribution in [3.63, 3.8) is 0 Å². The Bertz CT molecular complexity index is 1230. The smallest absolute Gasteiger partial charge is 0.337 e. The molecular weight excluding hydrogens is 424 g/mol. The summed E-state index contributed by atoms with van der Waals surface area (Å²) in [6.45, 7) is 0. The first-order valence-corrected chi connectivity index (χ1v) is 10.4. The van der Waals surface area contributed by atoms with Crippen molar-refractivity contribution in [3.05, 3.63) is 90.0 Å². The van der Waals surface area contributed by atoms with E-state index in [1.165, 1.54) is 42.5 Å². The summed E-state index contributed by atoms with van der Waals surface area (Å²) >= 11 is 0. The molecule has 3 aromatic rings. The zero-order valence-electron chi connectivity index (χ0n) is 17.6. The average Bonchev–Trinajstić information content (AvgIpc) is 3.35. The molecule has 8 heteroatoms. The van der Waals surface area contributed by atoms with Gasteiger partial charge in [0.25, 0.3) is 5.91 Å². The maximum Gasteiger partial charge on any atom is 0.337 e. The van der Waals surface area contributed by atoms with Gasteiger partial charge in [-0.2, -0.15) is 0 Å². The maximum absolute atomic E-state index is 13.6. The van der Waals surface area contributed by atoms with Gasteiger partial charge in [0.2, 0.25) is 5.91 Å². The molecule has 5 rings (SSSR count). The van der Waals surface area contributed by atoms with Gasteiger partial charge >= 0.3 is 5.97 Å². The summed E-state index contributed by atoms with van der Waals surface area (Å²) in [6.07, 6.45) is -1.05. The molecule has 3 aromatic carbocycles. The number of para-hydroxylation sites is 2. The summed E-state index contributed by atoms with van der Waals surface area (Å²) in [7, 11) is 1.28. The zero-order chi connectivity index (χ0) is 23.1. The lowest BCUT2D eigenvalue weighted by molar-refractivity contribution is -0.126. The van der Waals surface area contributed by atoms with E-state index in [0.717, 1.165) is 4.90 Å². The quantitative estimate of drug-likeness (QED) is 0.488. The number of aromatic hydroxyl groups is 1. The van der Waals surface area contributed by atoms with Crippen LogP contribution < -0.4 is 9.96 Å². The van der Waals surface area contributed by atoms with Crippen molar-refractivity contribution < 1.29 is 29.1 Å². The Labute approximate surface area is 189 Å². The van der Waals surface area contributed by atoms with Crippen LogP contribution in [0.5, 0.6) is 5.75 Å². The minimum Gasteiger partial charge on any atom is -0.508 e. The standard InChI is InChI=1S/C25H20N2O6/c1-32-25(31)15-11-13-16(14-12-15)26-23(29)20-21(18-9-5-6-10-19(18)28)27(33-22(20)24(26)30)17-7-3-2-4-8-17/h2-14,20-22,28H,1H3/t20-,21+,22+/m1/s1. The molecule has 1 N–H and O–H groups in total. The van der Waals surface area contributed by atoms with Gasteiger partial charge in [-0.3, -0.25) is 14.4 Å². The van der Waals surface area contributed by atoms with E-state index in [2.05, 4.69) is 0 Å². The number of amides is 2. The number of carbonyl (C=O) groups is 3. The number of nitrogens with zero attached hydrogens (tertiary/aromatic N) is 2. The molecule has 0 radical (unpaired) electrons. The molecule has 2 fully saturated rings. The first kappa shape index (κ1) is 20.7. The average molecular weight is 444 g/mol. The van der Waals surface area contributed by atoms with Crippen LogP contribution in [0.2, 0.25) is 0 Å². The van der Waals surface area contributed by atoms with Gasteiger partial charge in [0.1, 0.15) is 11.7 Å². The topological polar surface area (TPSA) is 96.4 Å². The summed E-state index contributed by atoms with van der Waals surface area (Å²) in [5.74, 6) is -2.32. The summed E-state index contributed by atoms with van der Waals surface area (Å²) < 4.78 is 4.70. The first-order valence-electron chi connectivity index (χ1n) is 10.4. The molecule has 166 valence electrons. The summed E-state index contributed by atoms with van der Waals surface area (Å²) in [6, 6.07) is 21.1. The molecule has 2 aliphatic heterocycles. The molecule has 0 aromatic heterocycles. The number of benzene rings is 3. The molecule has 2 aliphatic rings. The van der Waals surface area contributed by atoms with E-state index >= 15 is 0 Å². The minimum atomic E-state index is -1.05. The second kappa shape index (κ2) is 8.07. The Morgan fingerprint density at radius 1 is 0.879 bits per heavy atom. The Hall–Kier alpha value is -4.17. The SMILES string of the molecule is COC(=O)c1ccc(N2C(=O)[C@H]3[C@H](ON(c4ccccc4)[C@H]3c3ccccc3O)C2=O)cc1. The highest BCUT2D eigenvalue weighted by atomic mass is 16.7. The third-order valence-corrected chi connectivity index (χ3v) is 5.93. The minimum absolute atomic E-state index is 0.00816. The normalized spacial score (nSPS) is 21.9. The predicted octanol–water partition coefficient (Wildman–Crippen LogP) is 3.23. The van der Waals surface area contributed by atoms with Gasteiger partial charge < -0.3 is 9.84 Å². The number of hydrogen-bond donors (Lipinski definition) is 1. The van der Waals surface area contributed by atoms with E-state index in [0.29, 0.717) is 22.5 Å². The van der Waals surface area contributed by atoms with Crippen LogP contribution in [0.15, 0.2) is 78.9 Å². The van der Waals surface area contributed by atoms with Gasteiger partial charge in [-0.1, -0.05) is 36.4 Å². The number of phenolic OH excluding ortho intramolecular Hbond substituents is 1. The Balaban J connectivity index is 1.54. The van der Waals surface area contributed by atoms with Gasteiger partial charge in [-0.05, 0) is 42.5 Å². The second-order valence-electron chi connectivity index (χ2n) is 7.77. The van der Waals surface area contributed by atoms with Crippen LogP contribution in [0.1, 0.15) is 22.0 Å². The number of carbonyl (C=O) groups excluding carboxylic acids is 3. The van der Waals surface area contributed by atoms with Crippen LogP contribution in [-0.2, 0) is 19.2 Å². The highest BCUT2D eigenvalue weighted by molar-refractivity contribution is 6.24. The van der Waals surface area contributed by atoms with Crippen molar-refractivity contribution in [2.75, 3.05) is 17.1 Å².